The molecule has 1 heterocycles. The number of pyridine rings is 1. The van der Waals surface area contributed by atoms with Crippen LogP contribution in [0.5, 0.6) is 0 Å². The van der Waals surface area contributed by atoms with E-state index in [0.717, 1.165) is 27.9 Å². The first-order valence-corrected chi connectivity index (χ1v) is 13.2. The molecule has 1 aromatic heterocycles. The highest BCUT2D eigenvalue weighted by Gasteiger charge is 2.12. The Bertz CT molecular complexity index is 1460. The molecule has 0 amide bonds. The van der Waals surface area contributed by atoms with Gasteiger partial charge in [-0.05, 0) is 60.4 Å². The zero-order valence-electron chi connectivity index (χ0n) is 20.0. The Hall–Kier alpha value is -3.29. The minimum absolute atomic E-state index is 0.514. The van der Waals surface area contributed by atoms with Gasteiger partial charge in [-0.3, -0.25) is 0 Å². The molecule has 2 nitrogen and oxygen atoms in total. The molecule has 0 aliphatic heterocycles. The van der Waals surface area contributed by atoms with Crippen molar-refractivity contribution >= 4 is 59.3 Å². The van der Waals surface area contributed by atoms with E-state index < -0.39 is 0 Å². The molecule has 178 valence electrons. The Labute approximate surface area is 226 Å². The summed E-state index contributed by atoms with van der Waals surface area (Å²) in [5.74, 6) is 0.616. The second-order valence-electron chi connectivity index (χ2n) is 8.45. The first kappa shape index (κ1) is 25.8. The van der Waals surface area contributed by atoms with Gasteiger partial charge in [-0.25, -0.2) is 4.98 Å². The summed E-state index contributed by atoms with van der Waals surface area (Å²) in [7, 11) is 0. The molecule has 0 fully saturated rings. The van der Waals surface area contributed by atoms with E-state index in [1.807, 2.05) is 42.5 Å². The monoisotopic (exact) mass is 526 g/mol. The zero-order valence-corrected chi connectivity index (χ0v) is 22.3. The molecular weight excluding hydrogens is 503 g/mol. The van der Waals surface area contributed by atoms with E-state index in [0.29, 0.717) is 26.4 Å². The second kappa shape index (κ2) is 12.1. The molecule has 0 unspecified atom stereocenters. The van der Waals surface area contributed by atoms with E-state index in [1.54, 1.807) is 6.07 Å². The number of nitriles is 1. The van der Waals surface area contributed by atoms with E-state index >= 15 is 0 Å². The number of nitrogens with zero attached hydrogens (tertiary/aromatic N) is 2. The molecule has 0 N–H and O–H groups in total. The van der Waals surface area contributed by atoms with Gasteiger partial charge in [-0.15, -0.1) is 11.8 Å². The van der Waals surface area contributed by atoms with Gasteiger partial charge in [-0.1, -0.05) is 107 Å². The highest BCUT2D eigenvalue weighted by atomic mass is 35.5. The van der Waals surface area contributed by atoms with Gasteiger partial charge in [0.2, 0.25) is 0 Å². The lowest BCUT2D eigenvalue weighted by molar-refractivity contribution is 1.09. The summed E-state index contributed by atoms with van der Waals surface area (Å²) in [6.07, 6.45) is 8.03. The van der Waals surface area contributed by atoms with Gasteiger partial charge in [-0.2, -0.15) is 5.26 Å². The van der Waals surface area contributed by atoms with Crippen molar-refractivity contribution in [2.24, 2.45) is 0 Å². The van der Waals surface area contributed by atoms with Gasteiger partial charge >= 0.3 is 0 Å². The summed E-state index contributed by atoms with van der Waals surface area (Å²) in [6.45, 7) is 4.13. The zero-order chi connectivity index (χ0) is 25.5. The van der Waals surface area contributed by atoms with Crippen LogP contribution in [-0.4, -0.2) is 4.98 Å². The van der Waals surface area contributed by atoms with Crippen LogP contribution < -0.4 is 0 Å². The maximum atomic E-state index is 10.0. The van der Waals surface area contributed by atoms with Crippen molar-refractivity contribution in [1.82, 2.24) is 4.98 Å². The maximum Gasteiger partial charge on any atom is 0.115 e. The molecule has 3 aromatic carbocycles. The molecular formula is C31H24Cl2N2S. The van der Waals surface area contributed by atoms with Crippen molar-refractivity contribution in [2.45, 2.75) is 24.6 Å². The molecule has 0 radical (unpaired) electrons. The third-order valence-electron chi connectivity index (χ3n) is 5.56. The van der Waals surface area contributed by atoms with Crippen LogP contribution in [0.1, 0.15) is 44.6 Å². The van der Waals surface area contributed by atoms with Crippen molar-refractivity contribution in [1.29, 1.82) is 5.26 Å². The van der Waals surface area contributed by atoms with Crippen LogP contribution in [0.2, 0.25) is 10.0 Å². The molecule has 0 spiro atoms. The average Bonchev–Trinajstić information content (AvgIpc) is 2.88. The van der Waals surface area contributed by atoms with E-state index in [1.165, 1.54) is 22.9 Å². The molecule has 0 saturated carbocycles. The second-order valence-corrected chi connectivity index (χ2v) is 10.2. The number of benzene rings is 3. The molecule has 36 heavy (non-hydrogen) atoms. The summed E-state index contributed by atoms with van der Waals surface area (Å²) in [5.41, 5.74) is 7.76. The van der Waals surface area contributed by atoms with Crippen LogP contribution in [0.4, 0.5) is 0 Å². The predicted octanol–water partition coefficient (Wildman–Crippen LogP) is 9.51. The molecule has 0 aliphatic rings. The minimum Gasteiger partial charge on any atom is -0.241 e. The molecule has 5 heteroatoms. The highest BCUT2D eigenvalue weighted by molar-refractivity contribution is 7.98. The minimum atomic E-state index is 0.514. The van der Waals surface area contributed by atoms with Crippen molar-refractivity contribution in [3.05, 3.63) is 127 Å². The van der Waals surface area contributed by atoms with Gasteiger partial charge in [0.25, 0.3) is 0 Å². The number of aromatic nitrogens is 1. The van der Waals surface area contributed by atoms with Gasteiger partial charge in [0, 0.05) is 5.75 Å². The fraction of sp³-hybridized carbons (Fsp3) is 0.0968. The number of halogens is 2. The quantitative estimate of drug-likeness (QED) is 0.225. The lowest BCUT2D eigenvalue weighted by Crippen LogP contribution is -1.95. The number of thioether (sulfide) groups is 1. The van der Waals surface area contributed by atoms with Crippen LogP contribution in [0, 0.1) is 25.2 Å². The van der Waals surface area contributed by atoms with E-state index in [4.69, 9.17) is 28.2 Å². The summed E-state index contributed by atoms with van der Waals surface area (Å²) in [6, 6.07) is 26.5. The fourth-order valence-corrected chi connectivity index (χ4v) is 4.78. The molecule has 0 bridgehead atoms. The van der Waals surface area contributed by atoms with Crippen molar-refractivity contribution in [3.63, 3.8) is 0 Å². The smallest absolute Gasteiger partial charge is 0.115 e. The predicted molar refractivity (Wildman–Crippen MR) is 155 cm³/mol. The van der Waals surface area contributed by atoms with Crippen LogP contribution in [0.25, 0.3) is 24.3 Å². The number of hydrogen-bond acceptors (Lipinski definition) is 3. The first-order valence-electron chi connectivity index (χ1n) is 11.4. The Balaban J connectivity index is 1.69. The lowest BCUT2D eigenvalue weighted by Gasteiger charge is -2.09. The average molecular weight is 528 g/mol. The third kappa shape index (κ3) is 6.89. The normalized spacial score (nSPS) is 11.3. The standard InChI is InChI=1S/C31H24Cl2N2S/c1-21-3-7-23(8-4-21)11-14-26-18-27(15-12-24-9-5-22(2)6-10-24)35-31(28(26)19-34)36-20-25-13-16-29(32)30(33)17-25/h3-18H,20H2,1-2H3/b14-11+,15-12+. The van der Waals surface area contributed by atoms with Crippen LogP contribution in [0.15, 0.2) is 77.8 Å². The van der Waals surface area contributed by atoms with Gasteiger partial charge < -0.3 is 0 Å². The number of aryl methyl sites for hydroxylation is 2. The highest BCUT2D eigenvalue weighted by Crippen LogP contribution is 2.31. The third-order valence-corrected chi connectivity index (χ3v) is 7.35. The topological polar surface area (TPSA) is 36.7 Å². The summed E-state index contributed by atoms with van der Waals surface area (Å²) in [5, 5.41) is 11.8. The molecule has 4 rings (SSSR count). The van der Waals surface area contributed by atoms with Gasteiger partial charge in [0.15, 0.2) is 0 Å². The Morgan fingerprint density at radius 2 is 1.39 bits per heavy atom. The number of rotatable bonds is 7. The number of hydrogen-bond donors (Lipinski definition) is 0. The molecule has 4 aromatic rings. The molecule has 0 atom stereocenters. The Morgan fingerprint density at radius 1 is 0.778 bits per heavy atom. The van der Waals surface area contributed by atoms with E-state index in [-0.39, 0.29) is 0 Å². The summed E-state index contributed by atoms with van der Waals surface area (Å²) in [4.78, 5) is 4.82. The molecule has 0 aliphatic carbocycles. The van der Waals surface area contributed by atoms with E-state index in [2.05, 4.69) is 68.4 Å². The lowest BCUT2D eigenvalue weighted by atomic mass is 10.1. The molecule has 0 saturated heterocycles. The van der Waals surface area contributed by atoms with Crippen molar-refractivity contribution in [3.8, 4) is 6.07 Å². The van der Waals surface area contributed by atoms with Gasteiger partial charge in [0.1, 0.15) is 11.1 Å². The van der Waals surface area contributed by atoms with Crippen molar-refractivity contribution in [2.75, 3.05) is 0 Å². The van der Waals surface area contributed by atoms with Gasteiger partial charge in [0.05, 0.1) is 21.3 Å². The van der Waals surface area contributed by atoms with Crippen LogP contribution >= 0.6 is 35.0 Å². The SMILES string of the molecule is Cc1ccc(/C=C/c2cc(/C=C/c3ccc(C)cc3)c(C#N)c(SCc3ccc(Cl)c(Cl)c3)n2)cc1. The fourth-order valence-electron chi connectivity index (χ4n) is 3.50. The summed E-state index contributed by atoms with van der Waals surface area (Å²) < 4.78 is 0. The van der Waals surface area contributed by atoms with Crippen LogP contribution in [-0.2, 0) is 5.75 Å². The summed E-state index contributed by atoms with van der Waals surface area (Å²) >= 11 is 13.8. The Morgan fingerprint density at radius 3 is 1.97 bits per heavy atom. The first-order chi connectivity index (χ1) is 17.4. The van der Waals surface area contributed by atoms with Crippen LogP contribution in [0.3, 0.4) is 0 Å². The maximum absolute atomic E-state index is 10.0. The van der Waals surface area contributed by atoms with Crippen molar-refractivity contribution < 1.29 is 0 Å². The Kier molecular flexibility index (Phi) is 8.67. The van der Waals surface area contributed by atoms with E-state index in [9.17, 15) is 5.26 Å². The largest absolute Gasteiger partial charge is 0.241 e.